The van der Waals surface area contributed by atoms with Crippen LogP contribution in [0.5, 0.6) is 0 Å². The third-order valence-electron chi connectivity index (χ3n) is 7.73. The monoisotopic (exact) mass is 703 g/mol. The predicted molar refractivity (Wildman–Crippen MR) is 197 cm³/mol. The molecule has 0 N–H and O–H groups in total. The molecule has 0 bridgehead atoms. The molecular weight excluding hydrogens is 629 g/mol. The lowest BCUT2D eigenvalue weighted by Crippen LogP contribution is -2.37. The van der Waals surface area contributed by atoms with Crippen molar-refractivity contribution < 1.29 is 41.7 Å². The van der Waals surface area contributed by atoms with Crippen LogP contribution >= 0.6 is 7.82 Å². The quantitative estimate of drug-likeness (QED) is 0.0215. The van der Waals surface area contributed by atoms with E-state index in [-0.39, 0.29) is 38.8 Å². The van der Waals surface area contributed by atoms with Gasteiger partial charge in [-0.1, -0.05) is 102 Å². The zero-order valence-corrected chi connectivity index (χ0v) is 32.6. The van der Waals surface area contributed by atoms with Crippen molar-refractivity contribution in [2.24, 2.45) is 0 Å². The van der Waals surface area contributed by atoms with Gasteiger partial charge in [0.15, 0.2) is 6.10 Å². The molecule has 0 heterocycles. The number of unbranched alkanes of at least 4 members (excludes halogenated alkanes) is 14. The molecule has 0 aromatic carbocycles. The molecule has 48 heavy (non-hydrogen) atoms. The highest BCUT2D eigenvalue weighted by molar-refractivity contribution is 7.48. The summed E-state index contributed by atoms with van der Waals surface area (Å²) in [6.07, 6.45) is 28.4. The minimum absolute atomic E-state index is 0.131. The Kier molecular flexibility index (Phi) is 30.5. The SMILES string of the molecule is CCCC/C=C\CCCCCCCC(=O)OC[C@@H](COP(=O)(OCC)OCC[N+](C)(C)C)OC(=O)CCCCCCC/C=C\CCCC. The maximum absolute atomic E-state index is 13.2. The molecule has 0 aromatic rings. The summed E-state index contributed by atoms with van der Waals surface area (Å²) < 4.78 is 41.4. The molecule has 1 unspecified atom stereocenters. The molecule has 0 fully saturated rings. The summed E-state index contributed by atoms with van der Waals surface area (Å²) >= 11 is 0. The average molecular weight is 703 g/mol. The van der Waals surface area contributed by atoms with Crippen LogP contribution in [0.2, 0.25) is 0 Å². The second kappa shape index (κ2) is 31.5. The zero-order valence-electron chi connectivity index (χ0n) is 31.7. The van der Waals surface area contributed by atoms with E-state index in [1.165, 1.54) is 38.5 Å². The van der Waals surface area contributed by atoms with Gasteiger partial charge in [0.2, 0.25) is 0 Å². The van der Waals surface area contributed by atoms with Gasteiger partial charge in [-0.3, -0.25) is 23.2 Å². The molecule has 282 valence electrons. The number of nitrogens with zero attached hydrogens (tertiary/aromatic N) is 1. The van der Waals surface area contributed by atoms with E-state index in [4.69, 9.17) is 23.0 Å². The molecule has 0 saturated carbocycles. The standard InChI is InChI=1S/C38H73NO8P/c1-7-10-12-14-16-18-20-22-24-26-28-30-37(40)43-34-36(35-46-48(42,44-9-3)45-33-32-39(4,5)6)47-38(41)31-29-27-25-23-21-19-17-15-13-11-8-2/h14-17,36H,7-13,18-35H2,1-6H3/q+1/b16-14-,17-15-/t36-,48?/m0/s1. The first-order valence-corrected chi connectivity index (χ1v) is 20.5. The van der Waals surface area contributed by atoms with Crippen molar-refractivity contribution in [3.05, 3.63) is 24.3 Å². The molecular formula is C38H73NO8P+. The zero-order chi connectivity index (χ0) is 35.8. The fourth-order valence-corrected chi connectivity index (χ4v) is 5.92. The van der Waals surface area contributed by atoms with Crippen LogP contribution in [0.4, 0.5) is 0 Å². The second-order valence-corrected chi connectivity index (χ2v) is 15.3. The smallest absolute Gasteiger partial charge is 0.462 e. The van der Waals surface area contributed by atoms with Crippen LogP contribution in [0.25, 0.3) is 0 Å². The Morgan fingerprint density at radius 2 is 1.08 bits per heavy atom. The van der Waals surface area contributed by atoms with Crippen LogP contribution in [-0.4, -0.2) is 76.6 Å². The Bertz CT molecular complexity index is 886. The van der Waals surface area contributed by atoms with Gasteiger partial charge in [0.25, 0.3) is 0 Å². The topological polar surface area (TPSA) is 97.4 Å². The Labute approximate surface area is 294 Å². The summed E-state index contributed by atoms with van der Waals surface area (Å²) in [5, 5.41) is 0. The minimum atomic E-state index is -3.89. The van der Waals surface area contributed by atoms with Crippen molar-refractivity contribution in [2.75, 3.05) is 54.1 Å². The summed E-state index contributed by atoms with van der Waals surface area (Å²) in [5.74, 6) is -0.738. The highest BCUT2D eigenvalue weighted by atomic mass is 31.2. The number of likely N-dealkylation sites (N-methyl/N-ethyl adjacent to an activating group) is 1. The fraction of sp³-hybridized carbons (Fsp3) is 0.842. The lowest BCUT2D eigenvalue weighted by atomic mass is 10.1. The Morgan fingerprint density at radius 1 is 0.604 bits per heavy atom. The number of carbonyl (C=O) groups is 2. The third-order valence-corrected chi connectivity index (χ3v) is 9.27. The van der Waals surface area contributed by atoms with Crippen molar-refractivity contribution >= 4 is 19.8 Å². The molecule has 2 atom stereocenters. The highest BCUT2D eigenvalue weighted by Gasteiger charge is 2.30. The van der Waals surface area contributed by atoms with Crippen LogP contribution in [0.1, 0.15) is 149 Å². The average Bonchev–Trinajstić information content (AvgIpc) is 3.03. The van der Waals surface area contributed by atoms with Crippen molar-refractivity contribution in [1.82, 2.24) is 0 Å². The largest absolute Gasteiger partial charge is 0.475 e. The van der Waals surface area contributed by atoms with Crippen LogP contribution in [-0.2, 0) is 37.2 Å². The Hall–Kier alpha value is -1.51. The van der Waals surface area contributed by atoms with Gasteiger partial charge in [0.1, 0.15) is 19.8 Å². The van der Waals surface area contributed by atoms with E-state index in [1.807, 2.05) is 21.1 Å². The number of rotatable bonds is 34. The summed E-state index contributed by atoms with van der Waals surface area (Å²) in [6.45, 7) is 6.58. The molecule has 0 aromatic heterocycles. The van der Waals surface area contributed by atoms with E-state index in [2.05, 4.69) is 38.2 Å². The van der Waals surface area contributed by atoms with E-state index >= 15 is 0 Å². The molecule has 0 spiro atoms. The van der Waals surface area contributed by atoms with Crippen molar-refractivity contribution in [2.45, 2.75) is 155 Å². The number of ether oxygens (including phenoxy) is 2. The van der Waals surface area contributed by atoms with Gasteiger partial charge < -0.3 is 14.0 Å². The van der Waals surface area contributed by atoms with Gasteiger partial charge in [-0.15, -0.1) is 0 Å². The maximum atomic E-state index is 13.2. The van der Waals surface area contributed by atoms with Crippen molar-refractivity contribution in [3.8, 4) is 0 Å². The number of hydrogen-bond acceptors (Lipinski definition) is 8. The first-order chi connectivity index (χ1) is 23.0. The lowest BCUT2D eigenvalue weighted by molar-refractivity contribution is -0.870. The molecule has 0 saturated heterocycles. The minimum Gasteiger partial charge on any atom is -0.462 e. The predicted octanol–water partition coefficient (Wildman–Crippen LogP) is 10.3. The third kappa shape index (κ3) is 31.7. The normalized spacial score (nSPS) is 14.0. The number of carbonyl (C=O) groups excluding carboxylic acids is 2. The molecule has 0 radical (unpaired) electrons. The summed E-state index contributed by atoms with van der Waals surface area (Å²) in [4.78, 5) is 25.2. The van der Waals surface area contributed by atoms with Gasteiger partial charge in [-0.05, 0) is 58.3 Å². The van der Waals surface area contributed by atoms with E-state index in [1.54, 1.807) is 6.92 Å². The number of quaternary nitrogens is 1. The Balaban J connectivity index is 4.71. The van der Waals surface area contributed by atoms with Crippen molar-refractivity contribution in [3.63, 3.8) is 0 Å². The van der Waals surface area contributed by atoms with Crippen molar-refractivity contribution in [1.29, 1.82) is 0 Å². The molecule has 0 aliphatic heterocycles. The van der Waals surface area contributed by atoms with Crippen LogP contribution in [0, 0.1) is 0 Å². The first kappa shape index (κ1) is 46.5. The van der Waals surface area contributed by atoms with Gasteiger partial charge in [0, 0.05) is 12.8 Å². The van der Waals surface area contributed by atoms with Gasteiger partial charge >= 0.3 is 19.8 Å². The molecule has 0 aliphatic rings. The molecule has 10 heteroatoms. The van der Waals surface area contributed by atoms with E-state index in [0.29, 0.717) is 17.4 Å². The van der Waals surface area contributed by atoms with Crippen LogP contribution < -0.4 is 0 Å². The van der Waals surface area contributed by atoms with Gasteiger partial charge in [0.05, 0.1) is 34.4 Å². The second-order valence-electron chi connectivity index (χ2n) is 13.6. The molecule has 9 nitrogen and oxygen atoms in total. The van der Waals surface area contributed by atoms with Crippen LogP contribution in [0.3, 0.4) is 0 Å². The summed E-state index contributed by atoms with van der Waals surface area (Å²) in [6, 6.07) is 0. The summed E-state index contributed by atoms with van der Waals surface area (Å²) in [5.41, 5.74) is 0. The first-order valence-electron chi connectivity index (χ1n) is 19.0. The Morgan fingerprint density at radius 3 is 1.58 bits per heavy atom. The number of phosphoric acid groups is 1. The molecule has 0 amide bonds. The van der Waals surface area contributed by atoms with Crippen LogP contribution in [0.15, 0.2) is 24.3 Å². The summed E-state index contributed by atoms with van der Waals surface area (Å²) in [7, 11) is 2.11. The number of phosphoric ester groups is 1. The highest BCUT2D eigenvalue weighted by Crippen LogP contribution is 2.49. The maximum Gasteiger partial charge on any atom is 0.475 e. The lowest BCUT2D eigenvalue weighted by Gasteiger charge is -2.25. The number of allylic oxidation sites excluding steroid dienone is 4. The number of esters is 2. The molecule has 0 aliphatic carbocycles. The van der Waals surface area contributed by atoms with E-state index in [0.717, 1.165) is 77.0 Å². The number of hydrogen-bond donors (Lipinski definition) is 0. The van der Waals surface area contributed by atoms with Gasteiger partial charge in [-0.2, -0.15) is 0 Å². The fourth-order valence-electron chi connectivity index (χ4n) is 4.73. The van der Waals surface area contributed by atoms with E-state index < -0.39 is 19.9 Å². The molecule has 0 rings (SSSR count). The van der Waals surface area contributed by atoms with E-state index in [9.17, 15) is 14.2 Å². The van der Waals surface area contributed by atoms with Gasteiger partial charge in [-0.25, -0.2) is 4.57 Å².